The molecule has 200 valence electrons. The Labute approximate surface area is 211 Å². The minimum Gasteiger partial charge on any atom is -0.490 e. The Kier molecular flexibility index (Phi) is 6.37. The molecular formula is C23H26F3N5O5S. The van der Waals surface area contributed by atoms with Crippen molar-refractivity contribution in [1.82, 2.24) is 9.97 Å². The molecule has 1 amide bonds. The number of hydrogen-bond donors (Lipinski definition) is 2. The zero-order valence-corrected chi connectivity index (χ0v) is 21.3. The molecule has 37 heavy (non-hydrogen) atoms. The molecule has 1 aromatic carbocycles. The number of benzene rings is 1. The van der Waals surface area contributed by atoms with E-state index in [2.05, 4.69) is 25.0 Å². The predicted octanol–water partition coefficient (Wildman–Crippen LogP) is 2.99. The number of nitrogens with zero attached hydrogens (tertiary/aromatic N) is 3. The van der Waals surface area contributed by atoms with Crippen LogP contribution >= 0.6 is 0 Å². The van der Waals surface area contributed by atoms with Gasteiger partial charge in [-0.3, -0.25) is 9.79 Å². The van der Waals surface area contributed by atoms with Crippen LogP contribution in [0.1, 0.15) is 50.2 Å². The van der Waals surface area contributed by atoms with E-state index in [9.17, 15) is 26.4 Å². The molecule has 0 radical (unpaired) electrons. The molecule has 0 unspecified atom stereocenters. The quantitative estimate of drug-likeness (QED) is 0.601. The highest BCUT2D eigenvalue weighted by molar-refractivity contribution is 7.94. The maximum absolute atomic E-state index is 13.6. The van der Waals surface area contributed by atoms with Gasteiger partial charge in [-0.25, -0.2) is 18.4 Å². The van der Waals surface area contributed by atoms with Gasteiger partial charge in [0, 0.05) is 17.7 Å². The summed E-state index contributed by atoms with van der Waals surface area (Å²) in [5, 5.41) is 1.70. The molecule has 2 aromatic rings. The number of aromatic nitrogens is 2. The van der Waals surface area contributed by atoms with Crippen LogP contribution in [0.3, 0.4) is 0 Å². The zero-order chi connectivity index (χ0) is 27.4. The number of halogens is 3. The molecule has 0 spiro atoms. The van der Waals surface area contributed by atoms with E-state index in [1.54, 1.807) is 32.0 Å². The lowest BCUT2D eigenvalue weighted by Crippen LogP contribution is -2.60. The molecular weight excluding hydrogens is 515 g/mol. The first-order valence-electron chi connectivity index (χ1n) is 11.3. The van der Waals surface area contributed by atoms with E-state index < -0.39 is 50.2 Å². The Morgan fingerprint density at radius 3 is 2.57 bits per heavy atom. The summed E-state index contributed by atoms with van der Waals surface area (Å²) in [6.07, 6.45) is -2.90. The van der Waals surface area contributed by atoms with E-state index in [1.165, 1.54) is 13.8 Å². The molecule has 2 aliphatic heterocycles. The number of carbonyl (C=O) groups excluding carboxylic acids is 1. The topological polar surface area (TPSA) is 146 Å². The molecule has 2 aliphatic rings. The number of nitrogens with one attached hydrogen (secondary N) is 1. The zero-order valence-electron chi connectivity index (χ0n) is 20.5. The van der Waals surface area contributed by atoms with Gasteiger partial charge in [-0.05, 0) is 45.9 Å². The average molecular weight is 542 g/mol. The van der Waals surface area contributed by atoms with Crippen molar-refractivity contribution in [2.75, 3.05) is 11.9 Å². The normalized spacial score (nSPS) is 26.0. The number of nitrogens with two attached hydrogens (primary N) is 1. The standard InChI is InChI=1S/C23H26F3N5O5S/c1-12-7-17-22(4,31-20(27)21(2,3)37(17,33)34)14-8-13(5-6-16(14)36-12)30-19(32)15-9-29-18(10-28-15)35-11-23(24,25)26/h5-6,8-10,12,17H,7,11H2,1-4H3,(H2,27,31)(H,30,32)/t12-,17+,22+/m0/s1. The summed E-state index contributed by atoms with van der Waals surface area (Å²) in [7, 11) is -3.79. The first-order valence-corrected chi connectivity index (χ1v) is 12.8. The van der Waals surface area contributed by atoms with Crippen LogP contribution in [-0.4, -0.2) is 59.0 Å². The van der Waals surface area contributed by atoms with Gasteiger partial charge in [0.2, 0.25) is 5.88 Å². The molecule has 14 heteroatoms. The van der Waals surface area contributed by atoms with E-state index >= 15 is 0 Å². The van der Waals surface area contributed by atoms with E-state index in [-0.39, 0.29) is 29.5 Å². The Morgan fingerprint density at radius 2 is 1.95 bits per heavy atom. The van der Waals surface area contributed by atoms with Gasteiger partial charge in [0.05, 0.1) is 23.7 Å². The predicted molar refractivity (Wildman–Crippen MR) is 128 cm³/mol. The van der Waals surface area contributed by atoms with Gasteiger partial charge in [-0.1, -0.05) is 0 Å². The molecule has 10 nitrogen and oxygen atoms in total. The first kappa shape index (κ1) is 26.6. The smallest absolute Gasteiger partial charge is 0.422 e. The van der Waals surface area contributed by atoms with Gasteiger partial charge < -0.3 is 20.5 Å². The highest BCUT2D eigenvalue weighted by Crippen LogP contribution is 2.49. The minimum atomic E-state index is -4.54. The lowest BCUT2D eigenvalue weighted by atomic mass is 9.85. The lowest BCUT2D eigenvalue weighted by Gasteiger charge is -2.43. The van der Waals surface area contributed by atoms with Crippen LogP contribution in [0.25, 0.3) is 0 Å². The number of anilines is 1. The Morgan fingerprint density at radius 1 is 1.24 bits per heavy atom. The van der Waals surface area contributed by atoms with Crippen molar-refractivity contribution in [2.45, 2.75) is 61.9 Å². The summed E-state index contributed by atoms with van der Waals surface area (Å²) >= 11 is 0. The number of amides is 1. The van der Waals surface area contributed by atoms with Gasteiger partial charge in [0.15, 0.2) is 16.4 Å². The maximum atomic E-state index is 13.6. The van der Waals surface area contributed by atoms with E-state index in [1.807, 2.05) is 0 Å². The summed E-state index contributed by atoms with van der Waals surface area (Å²) in [5.74, 6) is -0.696. The monoisotopic (exact) mass is 541 g/mol. The van der Waals surface area contributed by atoms with Crippen molar-refractivity contribution < 1.29 is 35.9 Å². The third-order valence-electron chi connectivity index (χ3n) is 6.58. The van der Waals surface area contributed by atoms with Crippen molar-refractivity contribution in [3.8, 4) is 11.6 Å². The Bertz CT molecular complexity index is 1360. The summed E-state index contributed by atoms with van der Waals surface area (Å²) in [4.78, 5) is 24.9. The molecule has 3 N–H and O–H groups in total. The molecule has 0 fully saturated rings. The third-order valence-corrected chi connectivity index (χ3v) is 9.62. The summed E-state index contributed by atoms with van der Waals surface area (Å²) in [6.45, 7) is 4.96. The van der Waals surface area contributed by atoms with Crippen LogP contribution < -0.4 is 20.5 Å². The third kappa shape index (κ3) is 4.81. The number of fused-ring (bicyclic) bond motifs is 3. The van der Waals surface area contributed by atoms with Crippen LogP contribution in [-0.2, 0) is 15.4 Å². The van der Waals surface area contributed by atoms with Gasteiger partial charge >= 0.3 is 6.18 Å². The number of rotatable bonds is 4. The SMILES string of the molecule is C[C@H]1C[C@@H]2[C@](C)(N=C(N)C(C)(C)S2(=O)=O)c2cc(NC(=O)c3cnc(OCC(F)(F)F)cn3)ccc2O1. The highest BCUT2D eigenvalue weighted by Gasteiger charge is 2.58. The molecule has 0 saturated carbocycles. The van der Waals surface area contributed by atoms with Gasteiger partial charge in [-0.2, -0.15) is 13.2 Å². The number of carbonyl (C=O) groups is 1. The molecule has 3 atom stereocenters. The highest BCUT2D eigenvalue weighted by atomic mass is 32.2. The summed E-state index contributed by atoms with van der Waals surface area (Å²) in [6, 6.07) is 4.74. The van der Waals surface area contributed by atoms with Crippen LogP contribution in [0.2, 0.25) is 0 Å². The fourth-order valence-corrected chi connectivity index (χ4v) is 6.74. The van der Waals surface area contributed by atoms with Gasteiger partial charge in [-0.15, -0.1) is 0 Å². The van der Waals surface area contributed by atoms with E-state index in [4.69, 9.17) is 10.5 Å². The molecule has 0 bridgehead atoms. The lowest BCUT2D eigenvalue weighted by molar-refractivity contribution is -0.154. The fraction of sp³-hybridized carbons (Fsp3) is 0.478. The van der Waals surface area contributed by atoms with Crippen molar-refractivity contribution in [3.05, 3.63) is 41.9 Å². The first-order chi connectivity index (χ1) is 17.0. The molecule has 0 aliphatic carbocycles. The van der Waals surface area contributed by atoms with Crippen LogP contribution in [0.4, 0.5) is 18.9 Å². The average Bonchev–Trinajstić information content (AvgIpc) is 2.91. The van der Waals surface area contributed by atoms with Crippen molar-refractivity contribution in [3.63, 3.8) is 0 Å². The second kappa shape index (κ2) is 8.85. The van der Waals surface area contributed by atoms with Crippen molar-refractivity contribution in [1.29, 1.82) is 0 Å². The Balaban J connectivity index is 1.65. The van der Waals surface area contributed by atoms with E-state index in [0.717, 1.165) is 12.4 Å². The van der Waals surface area contributed by atoms with Gasteiger partial charge in [0.1, 0.15) is 27.6 Å². The molecule has 0 saturated heterocycles. The number of aliphatic imine (C=N–C) groups is 1. The minimum absolute atomic E-state index is 0.0238. The van der Waals surface area contributed by atoms with Crippen LogP contribution in [0, 0.1) is 0 Å². The summed E-state index contributed by atoms with van der Waals surface area (Å²) < 4.78 is 73.2. The second-order valence-corrected chi connectivity index (χ2v) is 12.3. The second-order valence-electron chi connectivity index (χ2n) is 9.66. The Hall–Kier alpha value is -3.42. The molecule has 3 heterocycles. The van der Waals surface area contributed by atoms with Crippen molar-refractivity contribution in [2.24, 2.45) is 10.7 Å². The number of ether oxygens (including phenoxy) is 2. The van der Waals surface area contributed by atoms with Gasteiger partial charge in [0.25, 0.3) is 5.91 Å². The largest absolute Gasteiger partial charge is 0.490 e. The molecule has 4 rings (SSSR count). The summed E-state index contributed by atoms with van der Waals surface area (Å²) in [5.41, 5.74) is 5.42. The maximum Gasteiger partial charge on any atom is 0.422 e. The fourth-order valence-electron chi connectivity index (χ4n) is 4.38. The van der Waals surface area contributed by atoms with Crippen LogP contribution in [0.5, 0.6) is 11.6 Å². The molecule has 1 aromatic heterocycles. The van der Waals surface area contributed by atoms with E-state index in [0.29, 0.717) is 11.3 Å². The number of alkyl halides is 3. The van der Waals surface area contributed by atoms with Crippen LogP contribution in [0.15, 0.2) is 35.6 Å². The number of hydrogen-bond acceptors (Lipinski definition) is 9. The van der Waals surface area contributed by atoms with Crippen molar-refractivity contribution >= 4 is 27.3 Å². The number of amidine groups is 1. The number of sulfone groups is 1.